The van der Waals surface area contributed by atoms with Gasteiger partial charge in [0.2, 0.25) is 0 Å². The summed E-state index contributed by atoms with van der Waals surface area (Å²) >= 11 is 6.07. The molecule has 1 heterocycles. The second-order valence-electron chi connectivity index (χ2n) is 4.85. The summed E-state index contributed by atoms with van der Waals surface area (Å²) in [5.74, 6) is 0. The van der Waals surface area contributed by atoms with Crippen molar-refractivity contribution < 1.29 is 9.90 Å². The van der Waals surface area contributed by atoms with Crippen LogP contribution in [0.2, 0.25) is 5.02 Å². The van der Waals surface area contributed by atoms with E-state index in [0.717, 1.165) is 35.4 Å². The van der Waals surface area contributed by atoms with Crippen LogP contribution in [0.5, 0.6) is 0 Å². The Morgan fingerprint density at radius 2 is 2.10 bits per heavy atom. The predicted molar refractivity (Wildman–Crippen MR) is 82.7 cm³/mol. The van der Waals surface area contributed by atoms with Gasteiger partial charge >= 0.3 is 6.09 Å². The Bertz CT molecular complexity index is 644. The zero-order valence-electron chi connectivity index (χ0n) is 11.8. The Morgan fingerprint density at radius 3 is 2.81 bits per heavy atom. The third-order valence-corrected chi connectivity index (χ3v) is 3.52. The molecule has 0 aliphatic heterocycles. The molecule has 0 aliphatic carbocycles. The fourth-order valence-corrected chi connectivity index (χ4v) is 2.29. The lowest BCUT2D eigenvalue weighted by Gasteiger charge is -2.08. The van der Waals surface area contributed by atoms with Gasteiger partial charge in [-0.1, -0.05) is 29.8 Å². The van der Waals surface area contributed by atoms with E-state index in [1.54, 1.807) is 6.07 Å². The van der Waals surface area contributed by atoms with Crippen molar-refractivity contribution in [3.63, 3.8) is 0 Å². The number of aryl methyl sites for hydroxylation is 3. The highest BCUT2D eigenvalue weighted by atomic mass is 35.5. The molecule has 0 spiro atoms. The standard InChI is InChI=1S/C16H17ClN2O2/c1-11-3-2-4-14(19-11)7-5-12-6-8-15(17)13(9-12)10-18-16(20)21/h2-4,6,8-9,18H,5,7,10H2,1H3,(H,20,21). The number of halogens is 1. The van der Waals surface area contributed by atoms with Gasteiger partial charge < -0.3 is 10.4 Å². The zero-order chi connectivity index (χ0) is 15.2. The van der Waals surface area contributed by atoms with Crippen molar-refractivity contribution in [1.82, 2.24) is 10.3 Å². The predicted octanol–water partition coefficient (Wildman–Crippen LogP) is 3.60. The molecule has 2 rings (SSSR count). The molecule has 2 aromatic rings. The second-order valence-corrected chi connectivity index (χ2v) is 5.26. The van der Waals surface area contributed by atoms with Crippen molar-refractivity contribution in [2.75, 3.05) is 0 Å². The molecule has 0 radical (unpaired) electrons. The van der Waals surface area contributed by atoms with Gasteiger partial charge in [0.1, 0.15) is 0 Å². The number of aromatic nitrogens is 1. The number of hydrogen-bond donors (Lipinski definition) is 2. The molecule has 2 N–H and O–H groups in total. The maximum atomic E-state index is 10.5. The van der Waals surface area contributed by atoms with E-state index in [0.29, 0.717) is 5.02 Å². The summed E-state index contributed by atoms with van der Waals surface area (Å²) in [4.78, 5) is 15.0. The fraction of sp³-hybridized carbons (Fsp3) is 0.250. The summed E-state index contributed by atoms with van der Waals surface area (Å²) in [5, 5.41) is 11.6. The number of benzene rings is 1. The van der Waals surface area contributed by atoms with Crippen LogP contribution in [0.3, 0.4) is 0 Å². The first kappa shape index (κ1) is 15.3. The van der Waals surface area contributed by atoms with Gasteiger partial charge in [-0.05, 0) is 49.1 Å². The van der Waals surface area contributed by atoms with Crippen LogP contribution in [-0.4, -0.2) is 16.2 Å². The summed E-state index contributed by atoms with van der Waals surface area (Å²) in [5.41, 5.74) is 3.96. The van der Waals surface area contributed by atoms with Gasteiger partial charge in [-0.25, -0.2) is 4.79 Å². The lowest BCUT2D eigenvalue weighted by Crippen LogP contribution is -2.20. The minimum Gasteiger partial charge on any atom is -0.465 e. The molecule has 0 aliphatic rings. The Labute approximate surface area is 128 Å². The molecule has 0 atom stereocenters. The van der Waals surface area contributed by atoms with Crippen molar-refractivity contribution in [3.05, 3.63) is 63.9 Å². The maximum absolute atomic E-state index is 10.5. The van der Waals surface area contributed by atoms with Gasteiger partial charge in [0, 0.05) is 23.0 Å². The first-order chi connectivity index (χ1) is 10.0. The summed E-state index contributed by atoms with van der Waals surface area (Å²) in [7, 11) is 0. The fourth-order valence-electron chi connectivity index (χ4n) is 2.10. The van der Waals surface area contributed by atoms with E-state index < -0.39 is 6.09 Å². The Balaban J connectivity index is 2.03. The molecule has 4 nitrogen and oxygen atoms in total. The van der Waals surface area contributed by atoms with Crippen molar-refractivity contribution in [2.45, 2.75) is 26.3 Å². The van der Waals surface area contributed by atoms with E-state index in [1.165, 1.54) is 0 Å². The Morgan fingerprint density at radius 1 is 1.29 bits per heavy atom. The van der Waals surface area contributed by atoms with Crippen LogP contribution >= 0.6 is 11.6 Å². The van der Waals surface area contributed by atoms with Crippen LogP contribution in [-0.2, 0) is 19.4 Å². The van der Waals surface area contributed by atoms with Crippen LogP contribution in [0, 0.1) is 6.92 Å². The number of carboxylic acid groups (broad SMARTS) is 1. The SMILES string of the molecule is Cc1cccc(CCc2ccc(Cl)c(CNC(=O)O)c2)n1. The molecular formula is C16H17ClN2O2. The third-order valence-electron chi connectivity index (χ3n) is 3.16. The molecule has 5 heteroatoms. The first-order valence-corrected chi connectivity index (χ1v) is 7.09. The number of nitrogens with one attached hydrogen (secondary N) is 1. The topological polar surface area (TPSA) is 62.2 Å². The summed E-state index contributed by atoms with van der Waals surface area (Å²) in [6, 6.07) is 11.7. The second kappa shape index (κ2) is 7.09. The van der Waals surface area contributed by atoms with Gasteiger partial charge in [-0.3, -0.25) is 4.98 Å². The molecule has 1 amide bonds. The highest BCUT2D eigenvalue weighted by Crippen LogP contribution is 2.18. The molecule has 1 aromatic carbocycles. The Hall–Kier alpha value is -2.07. The molecule has 110 valence electrons. The Kier molecular flexibility index (Phi) is 5.17. The van der Waals surface area contributed by atoms with Crippen LogP contribution < -0.4 is 5.32 Å². The van der Waals surface area contributed by atoms with E-state index in [1.807, 2.05) is 37.3 Å². The van der Waals surface area contributed by atoms with Crippen molar-refractivity contribution >= 4 is 17.7 Å². The highest BCUT2D eigenvalue weighted by molar-refractivity contribution is 6.31. The lowest BCUT2D eigenvalue weighted by atomic mass is 10.0. The normalized spacial score (nSPS) is 10.4. The van der Waals surface area contributed by atoms with Crippen molar-refractivity contribution in [1.29, 1.82) is 0 Å². The van der Waals surface area contributed by atoms with Crippen molar-refractivity contribution in [2.24, 2.45) is 0 Å². The molecule has 0 saturated carbocycles. The molecular weight excluding hydrogens is 288 g/mol. The average molecular weight is 305 g/mol. The molecule has 0 bridgehead atoms. The lowest BCUT2D eigenvalue weighted by molar-refractivity contribution is 0.194. The van der Waals surface area contributed by atoms with Crippen LogP contribution in [0.1, 0.15) is 22.5 Å². The largest absolute Gasteiger partial charge is 0.465 e. The monoisotopic (exact) mass is 304 g/mol. The van der Waals surface area contributed by atoms with E-state index in [2.05, 4.69) is 10.3 Å². The smallest absolute Gasteiger partial charge is 0.404 e. The minimum atomic E-state index is -1.06. The van der Waals surface area contributed by atoms with Gasteiger partial charge in [-0.15, -0.1) is 0 Å². The van der Waals surface area contributed by atoms with Gasteiger partial charge in [0.25, 0.3) is 0 Å². The molecule has 0 saturated heterocycles. The van der Waals surface area contributed by atoms with E-state index >= 15 is 0 Å². The number of amides is 1. The van der Waals surface area contributed by atoms with E-state index in [-0.39, 0.29) is 6.54 Å². The van der Waals surface area contributed by atoms with Gasteiger partial charge in [0.15, 0.2) is 0 Å². The molecule has 1 aromatic heterocycles. The van der Waals surface area contributed by atoms with Gasteiger partial charge in [-0.2, -0.15) is 0 Å². The molecule has 21 heavy (non-hydrogen) atoms. The number of nitrogens with zero attached hydrogens (tertiary/aromatic N) is 1. The number of rotatable bonds is 5. The van der Waals surface area contributed by atoms with E-state index in [9.17, 15) is 4.79 Å². The van der Waals surface area contributed by atoms with Crippen molar-refractivity contribution in [3.8, 4) is 0 Å². The molecule has 0 fully saturated rings. The third kappa shape index (κ3) is 4.76. The van der Waals surface area contributed by atoms with Crippen LogP contribution in [0.15, 0.2) is 36.4 Å². The summed E-state index contributed by atoms with van der Waals surface area (Å²) < 4.78 is 0. The summed E-state index contributed by atoms with van der Waals surface area (Å²) in [6.45, 7) is 2.19. The first-order valence-electron chi connectivity index (χ1n) is 6.71. The number of hydrogen-bond acceptors (Lipinski definition) is 2. The van der Waals surface area contributed by atoms with Gasteiger partial charge in [0.05, 0.1) is 0 Å². The summed E-state index contributed by atoms with van der Waals surface area (Å²) in [6.07, 6.45) is 0.628. The average Bonchev–Trinajstić information content (AvgIpc) is 2.45. The maximum Gasteiger partial charge on any atom is 0.404 e. The van der Waals surface area contributed by atoms with Crippen LogP contribution in [0.25, 0.3) is 0 Å². The quantitative estimate of drug-likeness (QED) is 0.887. The van der Waals surface area contributed by atoms with E-state index in [4.69, 9.17) is 16.7 Å². The molecule has 0 unspecified atom stereocenters. The number of carbonyl (C=O) groups is 1. The van der Waals surface area contributed by atoms with Crippen LogP contribution in [0.4, 0.5) is 4.79 Å². The minimum absolute atomic E-state index is 0.213. The number of pyridine rings is 1. The zero-order valence-corrected chi connectivity index (χ0v) is 12.5. The highest BCUT2D eigenvalue weighted by Gasteiger charge is 2.05.